The fourth-order valence-corrected chi connectivity index (χ4v) is 1.35. The van der Waals surface area contributed by atoms with Crippen molar-refractivity contribution in [2.45, 2.75) is 26.4 Å². The van der Waals surface area contributed by atoms with E-state index in [1.54, 1.807) is 0 Å². The fourth-order valence-electron chi connectivity index (χ4n) is 1.35. The Hall–Kier alpha value is -1.77. The molecule has 1 N–H and O–H groups in total. The number of alkyl carbamates (subject to hydrolysis) is 1. The Balaban J connectivity index is 2.11. The number of allylic oxidation sites excluding steroid dienone is 1. The van der Waals surface area contributed by atoms with Crippen LogP contribution in [0.2, 0.25) is 0 Å². The van der Waals surface area contributed by atoms with Crippen molar-refractivity contribution in [1.29, 1.82) is 0 Å². The molecule has 1 aromatic rings. The molecule has 0 saturated carbocycles. The molecule has 0 aliphatic carbocycles. The van der Waals surface area contributed by atoms with E-state index in [-0.39, 0.29) is 6.09 Å². The normalized spacial score (nSPS) is 9.71. The van der Waals surface area contributed by atoms with Gasteiger partial charge in [0, 0.05) is 6.54 Å². The molecular weight excluding hydrogens is 214 g/mol. The molecule has 0 spiro atoms. The fraction of sp³-hybridized carbons (Fsp3) is 0.357. The quantitative estimate of drug-likeness (QED) is 0.605. The van der Waals surface area contributed by atoms with Crippen LogP contribution in [0.25, 0.3) is 0 Å². The second kappa shape index (κ2) is 7.49. The Kier molecular flexibility index (Phi) is 5.86. The highest BCUT2D eigenvalue weighted by Gasteiger charge is 2.01. The second-order valence-corrected chi connectivity index (χ2v) is 4.05. The molecule has 17 heavy (non-hydrogen) atoms. The summed E-state index contributed by atoms with van der Waals surface area (Å²) in [5, 5.41) is 2.71. The molecule has 0 bridgehead atoms. The van der Waals surface area contributed by atoms with E-state index < -0.39 is 0 Å². The Labute approximate surface area is 102 Å². The monoisotopic (exact) mass is 233 g/mol. The van der Waals surface area contributed by atoms with Crippen LogP contribution in [0.5, 0.6) is 0 Å². The molecule has 1 rings (SSSR count). The predicted octanol–water partition coefficient (Wildman–Crippen LogP) is 3.27. The highest BCUT2D eigenvalue weighted by atomic mass is 16.5. The maximum Gasteiger partial charge on any atom is 0.407 e. The van der Waals surface area contributed by atoms with E-state index in [0.717, 1.165) is 24.0 Å². The van der Waals surface area contributed by atoms with E-state index in [0.29, 0.717) is 13.2 Å². The van der Waals surface area contributed by atoms with Crippen LogP contribution in [0, 0.1) is 0 Å². The van der Waals surface area contributed by atoms with Crippen LogP contribution >= 0.6 is 0 Å². The molecule has 0 radical (unpaired) electrons. The van der Waals surface area contributed by atoms with Crippen LogP contribution in [0.1, 0.15) is 25.3 Å². The van der Waals surface area contributed by atoms with Crippen LogP contribution in [0.4, 0.5) is 4.79 Å². The van der Waals surface area contributed by atoms with Gasteiger partial charge in [-0.25, -0.2) is 4.79 Å². The van der Waals surface area contributed by atoms with Gasteiger partial charge in [0.05, 0.1) is 0 Å². The number of carbonyl (C=O) groups excluding carboxylic acids is 1. The standard InChI is InChI=1S/C14H19NO2/c1-12(2)7-6-10-15-14(16)17-11-13-8-4-3-5-9-13/h3-5,8-9H,1,6-7,10-11H2,2H3,(H,15,16). The lowest BCUT2D eigenvalue weighted by atomic mass is 10.2. The molecule has 3 heteroatoms. The van der Waals surface area contributed by atoms with Gasteiger partial charge in [0.15, 0.2) is 0 Å². The Morgan fingerprint density at radius 3 is 2.71 bits per heavy atom. The number of rotatable bonds is 6. The van der Waals surface area contributed by atoms with E-state index in [4.69, 9.17) is 4.74 Å². The second-order valence-electron chi connectivity index (χ2n) is 4.05. The van der Waals surface area contributed by atoms with Crippen LogP contribution < -0.4 is 5.32 Å². The summed E-state index contributed by atoms with van der Waals surface area (Å²) in [5.74, 6) is 0. The van der Waals surface area contributed by atoms with Gasteiger partial charge >= 0.3 is 6.09 Å². The lowest BCUT2D eigenvalue weighted by Gasteiger charge is -2.06. The minimum atomic E-state index is -0.365. The number of benzene rings is 1. The minimum Gasteiger partial charge on any atom is -0.445 e. The zero-order valence-electron chi connectivity index (χ0n) is 10.2. The molecule has 1 amide bonds. The number of nitrogens with one attached hydrogen (secondary N) is 1. The Bertz CT molecular complexity index is 360. The first kappa shape index (κ1) is 13.3. The molecule has 0 unspecified atom stereocenters. The molecule has 0 aliphatic heterocycles. The lowest BCUT2D eigenvalue weighted by Crippen LogP contribution is -2.25. The van der Waals surface area contributed by atoms with Gasteiger partial charge in [0.25, 0.3) is 0 Å². The van der Waals surface area contributed by atoms with Crippen molar-refractivity contribution in [3.05, 3.63) is 48.0 Å². The van der Waals surface area contributed by atoms with Crippen molar-refractivity contribution in [2.24, 2.45) is 0 Å². The van der Waals surface area contributed by atoms with E-state index in [1.807, 2.05) is 37.3 Å². The third-order valence-corrected chi connectivity index (χ3v) is 2.26. The van der Waals surface area contributed by atoms with Crippen molar-refractivity contribution < 1.29 is 9.53 Å². The van der Waals surface area contributed by atoms with Gasteiger partial charge in [-0.2, -0.15) is 0 Å². The third-order valence-electron chi connectivity index (χ3n) is 2.26. The predicted molar refractivity (Wildman–Crippen MR) is 68.7 cm³/mol. The molecule has 0 heterocycles. The molecule has 3 nitrogen and oxygen atoms in total. The number of carbonyl (C=O) groups is 1. The van der Waals surface area contributed by atoms with Crippen LogP contribution in [-0.2, 0) is 11.3 Å². The minimum absolute atomic E-state index is 0.313. The van der Waals surface area contributed by atoms with Gasteiger partial charge in [0.1, 0.15) is 6.61 Å². The molecule has 1 aromatic carbocycles. The Morgan fingerprint density at radius 1 is 1.35 bits per heavy atom. The zero-order chi connectivity index (χ0) is 12.5. The van der Waals surface area contributed by atoms with Gasteiger partial charge in [0.2, 0.25) is 0 Å². The Morgan fingerprint density at radius 2 is 2.06 bits per heavy atom. The summed E-state index contributed by atoms with van der Waals surface area (Å²) in [6.45, 7) is 6.72. The zero-order valence-corrected chi connectivity index (χ0v) is 10.2. The van der Waals surface area contributed by atoms with Crippen LogP contribution in [0.15, 0.2) is 42.5 Å². The van der Waals surface area contributed by atoms with Crippen molar-refractivity contribution in [3.63, 3.8) is 0 Å². The smallest absolute Gasteiger partial charge is 0.407 e. The summed E-state index contributed by atoms with van der Waals surface area (Å²) in [4.78, 5) is 11.3. The highest BCUT2D eigenvalue weighted by molar-refractivity contribution is 5.67. The summed E-state index contributed by atoms with van der Waals surface area (Å²) in [7, 11) is 0. The highest BCUT2D eigenvalue weighted by Crippen LogP contribution is 2.01. The van der Waals surface area contributed by atoms with E-state index in [9.17, 15) is 4.79 Å². The molecule has 0 saturated heterocycles. The van der Waals surface area contributed by atoms with Crippen LogP contribution in [0.3, 0.4) is 0 Å². The number of hydrogen-bond acceptors (Lipinski definition) is 2. The van der Waals surface area contributed by atoms with Gasteiger partial charge in [-0.15, -0.1) is 6.58 Å². The van der Waals surface area contributed by atoms with Crippen molar-refractivity contribution in [3.8, 4) is 0 Å². The van der Waals surface area contributed by atoms with E-state index >= 15 is 0 Å². The van der Waals surface area contributed by atoms with Crippen molar-refractivity contribution in [2.75, 3.05) is 6.54 Å². The third kappa shape index (κ3) is 6.40. The average molecular weight is 233 g/mol. The van der Waals surface area contributed by atoms with Gasteiger partial charge < -0.3 is 10.1 Å². The molecule has 0 aliphatic rings. The molecule has 0 fully saturated rings. The number of amides is 1. The average Bonchev–Trinajstić information content (AvgIpc) is 2.33. The summed E-state index contributed by atoms with van der Waals surface area (Å²) >= 11 is 0. The van der Waals surface area contributed by atoms with Gasteiger partial charge in [-0.1, -0.05) is 35.9 Å². The van der Waals surface area contributed by atoms with E-state index in [1.165, 1.54) is 0 Å². The molecule has 92 valence electrons. The number of hydrogen-bond donors (Lipinski definition) is 1. The molecule has 0 atom stereocenters. The van der Waals surface area contributed by atoms with Crippen molar-refractivity contribution in [1.82, 2.24) is 5.32 Å². The summed E-state index contributed by atoms with van der Waals surface area (Å²) < 4.78 is 5.06. The van der Waals surface area contributed by atoms with E-state index in [2.05, 4.69) is 11.9 Å². The largest absolute Gasteiger partial charge is 0.445 e. The summed E-state index contributed by atoms with van der Waals surface area (Å²) in [5.41, 5.74) is 2.12. The first-order valence-corrected chi connectivity index (χ1v) is 5.77. The SMILES string of the molecule is C=C(C)CCCNC(=O)OCc1ccccc1. The summed E-state index contributed by atoms with van der Waals surface area (Å²) in [6, 6.07) is 9.62. The molecular formula is C14H19NO2. The maximum atomic E-state index is 11.3. The lowest BCUT2D eigenvalue weighted by molar-refractivity contribution is 0.139. The van der Waals surface area contributed by atoms with Gasteiger partial charge in [-0.05, 0) is 25.3 Å². The topological polar surface area (TPSA) is 38.3 Å². The number of ether oxygens (including phenoxy) is 1. The first-order chi connectivity index (χ1) is 8.18. The first-order valence-electron chi connectivity index (χ1n) is 5.77. The summed E-state index contributed by atoms with van der Waals surface area (Å²) in [6.07, 6.45) is 1.46. The van der Waals surface area contributed by atoms with Crippen molar-refractivity contribution >= 4 is 6.09 Å². The maximum absolute atomic E-state index is 11.3. The van der Waals surface area contributed by atoms with Crippen LogP contribution in [-0.4, -0.2) is 12.6 Å². The molecule has 0 aromatic heterocycles. The van der Waals surface area contributed by atoms with Gasteiger partial charge in [-0.3, -0.25) is 0 Å².